The number of thiazole rings is 1. The average molecular weight is 1060 g/mol. The first kappa shape index (κ1) is 51.7. The van der Waals surface area contributed by atoms with E-state index in [0.717, 1.165) is 122 Å². The van der Waals surface area contributed by atoms with Gasteiger partial charge in [-0.2, -0.15) is 0 Å². The molecule has 3 atom stereocenters. The Hall–Kier alpha value is -5.10. The van der Waals surface area contributed by atoms with Gasteiger partial charge in [0.05, 0.1) is 45.2 Å². The topological polar surface area (TPSA) is 90.7 Å². The van der Waals surface area contributed by atoms with Crippen molar-refractivity contribution in [2.75, 3.05) is 23.7 Å². The number of aryl methyl sites for hydroxylation is 3. The van der Waals surface area contributed by atoms with Gasteiger partial charge in [-0.3, -0.25) is 4.98 Å². The number of furan rings is 1. The Balaban J connectivity index is 0.000000122. The summed E-state index contributed by atoms with van der Waals surface area (Å²) in [6, 6.07) is 40.1. The highest BCUT2D eigenvalue weighted by Gasteiger charge is 2.19. The fourth-order valence-electron chi connectivity index (χ4n) is 7.26. The van der Waals surface area contributed by atoms with Crippen molar-refractivity contribution in [1.29, 1.82) is 0 Å². The van der Waals surface area contributed by atoms with E-state index in [0.29, 0.717) is 6.10 Å². The van der Waals surface area contributed by atoms with Crippen LogP contribution in [-0.2, 0) is 6.42 Å². The number of rotatable bonds is 0. The van der Waals surface area contributed by atoms with Gasteiger partial charge in [-0.1, -0.05) is 75.7 Å². The van der Waals surface area contributed by atoms with Crippen molar-refractivity contribution in [1.82, 2.24) is 9.97 Å². The Kier molecular flexibility index (Phi) is 18.1. The Morgan fingerprint density at radius 3 is 1.67 bits per heavy atom. The van der Waals surface area contributed by atoms with E-state index in [1.807, 2.05) is 162 Å². The van der Waals surface area contributed by atoms with Gasteiger partial charge in [-0.25, -0.2) is 4.98 Å². The third kappa shape index (κ3) is 15.2. The summed E-state index contributed by atoms with van der Waals surface area (Å²) in [5.74, 6) is 3.68. The second-order valence-electron chi connectivity index (χ2n) is 16.5. The second-order valence-corrected chi connectivity index (χ2v) is 20.3. The zero-order valence-electron chi connectivity index (χ0n) is 38.7. The van der Waals surface area contributed by atoms with Gasteiger partial charge < -0.3 is 29.3 Å². The minimum Gasteiger partial charge on any atom is -0.490 e. The number of hydrogen-bond donors (Lipinski definition) is 2. The Morgan fingerprint density at radius 2 is 1.01 bits per heavy atom. The number of nitrogens with zero attached hydrogens (tertiary/aromatic N) is 2. The van der Waals surface area contributed by atoms with Crippen molar-refractivity contribution in [3.05, 3.63) is 180 Å². The van der Waals surface area contributed by atoms with E-state index in [1.54, 1.807) is 11.3 Å². The van der Waals surface area contributed by atoms with Gasteiger partial charge in [0.25, 0.3) is 0 Å². The maximum absolute atomic E-state index is 5.83. The minimum atomic E-state index is 0.235. The van der Waals surface area contributed by atoms with Crippen molar-refractivity contribution >= 4 is 124 Å². The van der Waals surface area contributed by atoms with Crippen LogP contribution in [0.25, 0.3) is 32.1 Å². The lowest BCUT2D eigenvalue weighted by Crippen LogP contribution is -2.27. The molecule has 0 spiro atoms. The normalized spacial score (nSPS) is 15.8. The first-order chi connectivity index (χ1) is 33.0. The number of hydrogen-bond acceptors (Lipinski definition) is 9. The Bertz CT molecular complexity index is 3000. The van der Waals surface area contributed by atoms with E-state index in [4.69, 9.17) is 88.2 Å². The molecular weight excluding hydrogens is 1010 g/mol. The number of fused-ring (bicyclic) bond motifs is 6. The van der Waals surface area contributed by atoms with Gasteiger partial charge in [0.15, 0.2) is 0 Å². The fourth-order valence-corrected chi connectivity index (χ4v) is 9.14. The number of nitrogens with one attached hydrogen (secondary N) is 2. The van der Waals surface area contributed by atoms with Crippen molar-refractivity contribution in [2.45, 2.75) is 66.3 Å². The van der Waals surface area contributed by atoms with Crippen LogP contribution in [0.3, 0.4) is 0 Å². The van der Waals surface area contributed by atoms with E-state index >= 15 is 0 Å². The molecule has 3 aliphatic heterocycles. The highest BCUT2D eigenvalue weighted by Crippen LogP contribution is 2.33. The van der Waals surface area contributed by atoms with E-state index in [2.05, 4.69) is 27.5 Å². The number of anilines is 2. The molecule has 6 heterocycles. The lowest BCUT2D eigenvalue weighted by atomic mass is 10.1. The number of pyridine rings is 1. The summed E-state index contributed by atoms with van der Waals surface area (Å²) in [7, 11) is 0. The molecule has 0 radical (unpaired) electrons. The summed E-state index contributed by atoms with van der Waals surface area (Å²) in [5.41, 5.74) is 7.13. The van der Waals surface area contributed by atoms with Crippen LogP contribution in [0.1, 0.15) is 42.8 Å². The van der Waals surface area contributed by atoms with Gasteiger partial charge in [0.1, 0.15) is 46.9 Å². The van der Waals surface area contributed by atoms with Crippen LogP contribution < -0.4 is 24.8 Å². The van der Waals surface area contributed by atoms with Crippen LogP contribution in [0.4, 0.5) is 11.4 Å². The summed E-state index contributed by atoms with van der Waals surface area (Å²) in [4.78, 5) is 8.67. The molecule has 0 saturated heterocycles. The van der Waals surface area contributed by atoms with Crippen molar-refractivity contribution in [3.8, 4) is 17.2 Å². The van der Waals surface area contributed by atoms with Crippen LogP contribution in [0.5, 0.6) is 17.2 Å². The largest absolute Gasteiger partial charge is 0.490 e. The quantitative estimate of drug-likeness (QED) is 0.155. The van der Waals surface area contributed by atoms with Gasteiger partial charge >= 0.3 is 0 Å². The van der Waals surface area contributed by atoms with Crippen LogP contribution in [0, 0.1) is 20.8 Å². The number of benzene rings is 6. The maximum atomic E-state index is 5.83. The van der Waals surface area contributed by atoms with Crippen molar-refractivity contribution in [2.24, 2.45) is 0 Å². The first-order valence-electron chi connectivity index (χ1n) is 22.1. The number of ether oxygens (including phenoxy) is 3. The number of aromatic nitrogens is 2. The minimum absolute atomic E-state index is 0.235. The maximum Gasteiger partial charge on any atom is 0.142 e. The predicted molar refractivity (Wildman–Crippen MR) is 292 cm³/mol. The molecule has 0 saturated carbocycles. The molecule has 2 N–H and O–H groups in total. The van der Waals surface area contributed by atoms with Gasteiger partial charge in [-0.15, -0.1) is 11.3 Å². The summed E-state index contributed by atoms with van der Waals surface area (Å²) in [6.07, 6.45) is 1.76. The van der Waals surface area contributed by atoms with Crippen molar-refractivity contribution < 1.29 is 18.6 Å². The fraction of sp³-hybridized carbons (Fsp3) is 0.222. The van der Waals surface area contributed by atoms with Crippen LogP contribution in [0.15, 0.2) is 132 Å². The Morgan fingerprint density at radius 1 is 0.493 bits per heavy atom. The van der Waals surface area contributed by atoms with Crippen LogP contribution >= 0.6 is 80.9 Å². The molecule has 15 heteroatoms. The summed E-state index contributed by atoms with van der Waals surface area (Å²) >= 11 is 36.6. The SMILES string of the molecule is CC1CNc2cc(Cl)ccc2O1.CC1Cc2cc(Cl)ccc2O1.C[C@@H]1CNc2cc(Cl)ccc2O1.Cc1cc2cc(Cl)ccc2o1.Cc1ccc2cc(Cl)ccc2n1.Cc1nc2cc(Cl)ccc2s1. The highest BCUT2D eigenvalue weighted by molar-refractivity contribution is 7.18. The van der Waals surface area contributed by atoms with E-state index in [-0.39, 0.29) is 12.2 Å². The molecule has 0 fully saturated rings. The molecule has 3 aromatic heterocycles. The molecule has 12 rings (SSSR count). The zero-order chi connectivity index (χ0) is 49.2. The molecule has 0 bridgehead atoms. The summed E-state index contributed by atoms with van der Waals surface area (Å²) in [6.45, 7) is 13.7. The second kappa shape index (κ2) is 24.1. The molecule has 2 unspecified atom stereocenters. The van der Waals surface area contributed by atoms with Crippen LogP contribution in [-0.4, -0.2) is 41.4 Å². The van der Waals surface area contributed by atoms with Crippen molar-refractivity contribution in [3.63, 3.8) is 0 Å². The molecule has 358 valence electrons. The van der Waals surface area contributed by atoms with Gasteiger partial charge in [0.2, 0.25) is 0 Å². The molecule has 0 aliphatic carbocycles. The molecular formula is C54H50Cl6N4O4S. The van der Waals surface area contributed by atoms with E-state index < -0.39 is 0 Å². The molecule has 6 aromatic carbocycles. The monoisotopic (exact) mass is 1060 g/mol. The molecule has 9 aromatic rings. The van der Waals surface area contributed by atoms with Crippen LogP contribution in [0.2, 0.25) is 30.1 Å². The predicted octanol–water partition coefficient (Wildman–Crippen LogP) is 17.6. The Labute approximate surface area is 436 Å². The lowest BCUT2D eigenvalue weighted by molar-refractivity contribution is 0.226. The van der Waals surface area contributed by atoms with Gasteiger partial charge in [-0.05, 0) is 168 Å². The van der Waals surface area contributed by atoms with E-state index in [9.17, 15) is 0 Å². The average Bonchev–Trinajstić information content (AvgIpc) is 4.00. The zero-order valence-corrected chi connectivity index (χ0v) is 44.0. The highest BCUT2D eigenvalue weighted by atomic mass is 35.5. The summed E-state index contributed by atoms with van der Waals surface area (Å²) < 4.78 is 23.2. The molecule has 0 amide bonds. The third-order valence-electron chi connectivity index (χ3n) is 10.4. The molecule has 69 heavy (non-hydrogen) atoms. The summed E-state index contributed by atoms with van der Waals surface area (Å²) in [5, 5.41) is 14.3. The van der Waals surface area contributed by atoms with E-state index in [1.165, 1.54) is 10.3 Å². The standard InChI is InChI=1S/C10H8ClN.2C9H10ClNO.C9H9ClO.C9H7ClO.C8H6ClNS/c1-7-2-3-8-6-9(11)4-5-10(8)12-7;2*1-6-5-11-8-4-7(10)2-3-9(8)12-6;2*1-6-4-7-5-8(10)2-3-9(7)11-6;1-5-10-7-4-6(9)2-3-8(7)11-5/h2-6H,1H3;2*2-4,6,11H,5H2,1H3;2-3,5-6H,4H2,1H3;2-5H,1H3;2-4H,1H3/t;6-;;;;/m.1..../s1. The smallest absolute Gasteiger partial charge is 0.142 e. The first-order valence-corrected chi connectivity index (χ1v) is 25.2. The lowest BCUT2D eigenvalue weighted by Gasteiger charge is -2.24. The van der Waals surface area contributed by atoms with Gasteiger partial charge in [0, 0.05) is 53.0 Å². The third-order valence-corrected chi connectivity index (χ3v) is 12.8. The number of halogens is 6. The molecule has 8 nitrogen and oxygen atoms in total. The molecule has 3 aliphatic rings.